The smallest absolute Gasteiger partial charge is 0.159 e. The van der Waals surface area contributed by atoms with Gasteiger partial charge in [-0.15, -0.1) is 10.2 Å². The molecule has 0 aliphatic heterocycles. The molecule has 1 aromatic rings. The summed E-state index contributed by atoms with van der Waals surface area (Å²) in [7, 11) is 0. The van der Waals surface area contributed by atoms with Crippen LogP contribution in [0.25, 0.3) is 0 Å². The van der Waals surface area contributed by atoms with Crippen LogP contribution in [0, 0.1) is 0 Å². The van der Waals surface area contributed by atoms with Crippen LogP contribution in [-0.4, -0.2) is 25.5 Å². The van der Waals surface area contributed by atoms with Crippen molar-refractivity contribution in [3.05, 3.63) is 5.82 Å². The Kier molecular flexibility index (Phi) is 3.41. The van der Waals surface area contributed by atoms with Gasteiger partial charge in [-0.1, -0.05) is 15.9 Å². The van der Waals surface area contributed by atoms with Gasteiger partial charge >= 0.3 is 0 Å². The molecule has 5 heteroatoms. The zero-order valence-electron chi connectivity index (χ0n) is 8.29. The summed E-state index contributed by atoms with van der Waals surface area (Å²) in [4.78, 5) is 1.66. The van der Waals surface area contributed by atoms with E-state index in [1.54, 1.807) is 4.80 Å². The maximum atomic E-state index is 4.29. The molecule has 13 heavy (non-hydrogen) atoms. The molecule has 0 saturated carbocycles. The van der Waals surface area contributed by atoms with Crippen molar-refractivity contribution < 1.29 is 0 Å². The first-order valence-electron chi connectivity index (χ1n) is 4.39. The molecule has 0 atom stereocenters. The van der Waals surface area contributed by atoms with Gasteiger partial charge in [-0.2, -0.15) is 4.80 Å². The molecule has 0 fully saturated rings. The minimum atomic E-state index is -0.0698. The van der Waals surface area contributed by atoms with Crippen molar-refractivity contribution in [1.29, 1.82) is 0 Å². The Morgan fingerprint density at radius 2 is 2.08 bits per heavy atom. The van der Waals surface area contributed by atoms with Crippen molar-refractivity contribution in [2.45, 2.75) is 39.2 Å². The molecule has 0 bridgehead atoms. The van der Waals surface area contributed by atoms with E-state index in [4.69, 9.17) is 0 Å². The lowest BCUT2D eigenvalue weighted by atomic mass is 10.1. The molecule has 0 radical (unpaired) electrons. The highest BCUT2D eigenvalue weighted by Crippen LogP contribution is 2.09. The van der Waals surface area contributed by atoms with Crippen LogP contribution in [0.5, 0.6) is 0 Å². The van der Waals surface area contributed by atoms with Crippen molar-refractivity contribution in [2.75, 3.05) is 5.33 Å². The Bertz CT molecular complexity index is 263. The first kappa shape index (κ1) is 10.6. The molecule has 0 amide bonds. The van der Waals surface area contributed by atoms with Gasteiger partial charge in [-0.05, 0) is 32.4 Å². The molecule has 0 unspecified atom stereocenters. The van der Waals surface area contributed by atoms with Crippen molar-refractivity contribution in [3.8, 4) is 0 Å². The first-order valence-corrected chi connectivity index (χ1v) is 5.51. The SMILES string of the molecule is CC(C)(C)n1nnc(CCCBr)n1. The third-order valence-corrected chi connectivity index (χ3v) is 2.15. The fourth-order valence-corrected chi connectivity index (χ4v) is 1.13. The molecule has 1 aromatic heterocycles. The molecule has 4 nitrogen and oxygen atoms in total. The summed E-state index contributed by atoms with van der Waals surface area (Å²) in [6.07, 6.45) is 1.94. The van der Waals surface area contributed by atoms with Crippen LogP contribution < -0.4 is 0 Å². The minimum Gasteiger partial charge on any atom is -0.159 e. The van der Waals surface area contributed by atoms with E-state index in [-0.39, 0.29) is 5.54 Å². The van der Waals surface area contributed by atoms with Crippen molar-refractivity contribution >= 4 is 15.9 Å². The van der Waals surface area contributed by atoms with Crippen LogP contribution >= 0.6 is 15.9 Å². The Morgan fingerprint density at radius 3 is 2.54 bits per heavy atom. The number of alkyl halides is 1. The number of hydrogen-bond donors (Lipinski definition) is 0. The standard InChI is InChI=1S/C8H15BrN4/c1-8(2,3)13-11-7(10-12-13)5-4-6-9/h4-6H2,1-3H3. The van der Waals surface area contributed by atoms with Gasteiger partial charge in [0, 0.05) is 11.8 Å². The number of tetrazole rings is 1. The minimum absolute atomic E-state index is 0.0698. The molecule has 0 aromatic carbocycles. The Hall–Kier alpha value is -0.450. The fourth-order valence-electron chi connectivity index (χ4n) is 0.852. The quantitative estimate of drug-likeness (QED) is 0.764. The van der Waals surface area contributed by atoms with E-state index in [1.807, 2.05) is 0 Å². The molecule has 74 valence electrons. The van der Waals surface area contributed by atoms with Gasteiger partial charge < -0.3 is 0 Å². The molecular formula is C8H15BrN4. The normalized spacial score (nSPS) is 12.0. The van der Waals surface area contributed by atoms with Crippen molar-refractivity contribution in [1.82, 2.24) is 20.2 Å². The van der Waals surface area contributed by atoms with E-state index in [2.05, 4.69) is 52.1 Å². The lowest BCUT2D eigenvalue weighted by Crippen LogP contribution is -2.24. The molecule has 1 heterocycles. The topological polar surface area (TPSA) is 43.6 Å². The van der Waals surface area contributed by atoms with Gasteiger partial charge in [0.05, 0.1) is 5.54 Å². The highest BCUT2D eigenvalue weighted by Gasteiger charge is 2.16. The Balaban J connectivity index is 2.64. The van der Waals surface area contributed by atoms with E-state index < -0.39 is 0 Å². The molecule has 0 N–H and O–H groups in total. The molecular weight excluding hydrogens is 232 g/mol. The van der Waals surface area contributed by atoms with Gasteiger partial charge in [0.1, 0.15) is 0 Å². The second-order valence-corrected chi connectivity index (χ2v) is 4.75. The van der Waals surface area contributed by atoms with Crippen LogP contribution in [0.15, 0.2) is 0 Å². The van der Waals surface area contributed by atoms with Gasteiger partial charge in [0.25, 0.3) is 0 Å². The summed E-state index contributed by atoms with van der Waals surface area (Å²) < 4.78 is 0. The van der Waals surface area contributed by atoms with Crippen LogP contribution in [-0.2, 0) is 12.0 Å². The zero-order chi connectivity index (χ0) is 9.90. The van der Waals surface area contributed by atoms with Gasteiger partial charge in [-0.25, -0.2) is 0 Å². The average molecular weight is 247 g/mol. The first-order chi connectivity index (χ1) is 6.04. The summed E-state index contributed by atoms with van der Waals surface area (Å²) in [6, 6.07) is 0. The van der Waals surface area contributed by atoms with E-state index in [1.165, 1.54) is 0 Å². The Morgan fingerprint density at radius 1 is 1.38 bits per heavy atom. The predicted molar refractivity (Wildman–Crippen MR) is 54.9 cm³/mol. The monoisotopic (exact) mass is 246 g/mol. The number of hydrogen-bond acceptors (Lipinski definition) is 3. The van der Waals surface area contributed by atoms with Gasteiger partial charge in [0.2, 0.25) is 0 Å². The number of aromatic nitrogens is 4. The molecule has 1 rings (SSSR count). The van der Waals surface area contributed by atoms with E-state index in [9.17, 15) is 0 Å². The highest BCUT2D eigenvalue weighted by molar-refractivity contribution is 9.09. The van der Waals surface area contributed by atoms with Crippen molar-refractivity contribution in [2.24, 2.45) is 0 Å². The summed E-state index contributed by atoms with van der Waals surface area (Å²) >= 11 is 3.37. The zero-order valence-corrected chi connectivity index (χ0v) is 9.87. The second kappa shape index (κ2) is 4.17. The number of rotatable bonds is 3. The van der Waals surface area contributed by atoms with Crippen molar-refractivity contribution in [3.63, 3.8) is 0 Å². The summed E-state index contributed by atoms with van der Waals surface area (Å²) in [5, 5.41) is 13.3. The van der Waals surface area contributed by atoms with Crippen LogP contribution in [0.3, 0.4) is 0 Å². The molecule has 0 saturated heterocycles. The van der Waals surface area contributed by atoms with Crippen LogP contribution in [0.1, 0.15) is 33.0 Å². The predicted octanol–water partition coefficient (Wildman–Crippen LogP) is 1.76. The highest BCUT2D eigenvalue weighted by atomic mass is 79.9. The maximum Gasteiger partial charge on any atom is 0.174 e. The number of nitrogens with zero attached hydrogens (tertiary/aromatic N) is 4. The van der Waals surface area contributed by atoms with Crippen LogP contribution in [0.2, 0.25) is 0 Å². The number of aryl methyl sites for hydroxylation is 1. The fraction of sp³-hybridized carbons (Fsp3) is 0.875. The summed E-state index contributed by atoms with van der Waals surface area (Å²) in [6.45, 7) is 6.18. The van der Waals surface area contributed by atoms with Gasteiger partial charge in [-0.3, -0.25) is 0 Å². The third kappa shape index (κ3) is 3.06. The largest absolute Gasteiger partial charge is 0.174 e. The maximum absolute atomic E-state index is 4.29. The van der Waals surface area contributed by atoms with Gasteiger partial charge in [0.15, 0.2) is 5.82 Å². The second-order valence-electron chi connectivity index (χ2n) is 3.96. The molecule has 0 aliphatic carbocycles. The Labute approximate surface area is 86.8 Å². The summed E-state index contributed by atoms with van der Waals surface area (Å²) in [5.74, 6) is 0.828. The van der Waals surface area contributed by atoms with E-state index in [0.29, 0.717) is 0 Å². The molecule has 0 spiro atoms. The average Bonchev–Trinajstić information content (AvgIpc) is 2.47. The third-order valence-electron chi connectivity index (χ3n) is 1.59. The lowest BCUT2D eigenvalue weighted by Gasteiger charge is -2.15. The summed E-state index contributed by atoms with van der Waals surface area (Å²) in [5.41, 5.74) is -0.0698. The van der Waals surface area contributed by atoms with Crippen LogP contribution in [0.4, 0.5) is 0 Å². The van der Waals surface area contributed by atoms with E-state index >= 15 is 0 Å². The lowest BCUT2D eigenvalue weighted by molar-refractivity contribution is 0.305. The number of halogens is 1. The molecule has 0 aliphatic rings. The van der Waals surface area contributed by atoms with E-state index in [0.717, 1.165) is 24.0 Å².